The first-order chi connectivity index (χ1) is 11.4. The molecule has 3 aromatic rings. The molecule has 7 nitrogen and oxygen atoms in total. The Kier molecular flexibility index (Phi) is 4.09. The van der Waals surface area contributed by atoms with Gasteiger partial charge < -0.3 is 14.4 Å². The van der Waals surface area contributed by atoms with Crippen molar-refractivity contribution in [3.05, 3.63) is 41.1 Å². The van der Waals surface area contributed by atoms with Gasteiger partial charge in [-0.25, -0.2) is 4.98 Å². The topological polar surface area (TPSA) is 85.8 Å². The van der Waals surface area contributed by atoms with E-state index in [1.54, 1.807) is 22.9 Å². The van der Waals surface area contributed by atoms with Gasteiger partial charge in [0.25, 0.3) is 5.91 Å². The Labute approximate surface area is 137 Å². The number of carbonyl (C=O) groups is 1. The molecule has 3 rings (SSSR count). The van der Waals surface area contributed by atoms with Crippen LogP contribution in [0.3, 0.4) is 0 Å². The van der Waals surface area contributed by atoms with Crippen molar-refractivity contribution in [2.75, 3.05) is 7.05 Å². The van der Waals surface area contributed by atoms with Gasteiger partial charge in [-0.3, -0.25) is 4.79 Å². The van der Waals surface area contributed by atoms with Crippen LogP contribution in [0.2, 0.25) is 0 Å². The van der Waals surface area contributed by atoms with Crippen LogP contribution in [-0.2, 0) is 12.7 Å². The summed E-state index contributed by atoms with van der Waals surface area (Å²) in [6, 6.07) is 3.32. The molecular formula is C13H10F3N5O2S. The zero-order valence-electron chi connectivity index (χ0n) is 12.2. The second-order valence-corrected chi connectivity index (χ2v) is 5.81. The van der Waals surface area contributed by atoms with Crippen molar-refractivity contribution in [1.29, 1.82) is 0 Å². The lowest BCUT2D eigenvalue weighted by Crippen LogP contribution is -2.22. The minimum absolute atomic E-state index is 0.129. The smallest absolute Gasteiger partial charge is 0.352 e. The highest BCUT2D eigenvalue weighted by atomic mass is 32.1. The van der Waals surface area contributed by atoms with E-state index in [2.05, 4.69) is 25.0 Å². The molecule has 1 N–H and O–H groups in total. The summed E-state index contributed by atoms with van der Waals surface area (Å²) in [5.41, 5.74) is 0. The fraction of sp³-hybridized carbons (Fsp3) is 0.231. The van der Waals surface area contributed by atoms with Crippen LogP contribution in [0.5, 0.6) is 0 Å². The Hall–Kier alpha value is -2.69. The molecule has 0 bridgehead atoms. The van der Waals surface area contributed by atoms with Gasteiger partial charge in [-0.1, -0.05) is 5.16 Å². The van der Waals surface area contributed by atoms with Crippen molar-refractivity contribution in [3.63, 3.8) is 0 Å². The van der Waals surface area contributed by atoms with Gasteiger partial charge in [0.2, 0.25) is 5.82 Å². The average molecular weight is 357 g/mol. The predicted octanol–water partition coefficient (Wildman–Crippen LogP) is 2.42. The predicted molar refractivity (Wildman–Crippen MR) is 77.3 cm³/mol. The lowest BCUT2D eigenvalue weighted by Gasteiger charge is -2.04. The molecule has 0 aromatic carbocycles. The normalized spacial score (nSPS) is 11.7. The summed E-state index contributed by atoms with van der Waals surface area (Å²) in [4.78, 5) is 20.2. The van der Waals surface area contributed by atoms with Crippen LogP contribution in [0, 0.1) is 0 Å². The summed E-state index contributed by atoms with van der Waals surface area (Å²) in [5.74, 6) is -1.60. The van der Waals surface area contributed by atoms with E-state index >= 15 is 0 Å². The van der Waals surface area contributed by atoms with E-state index in [0.29, 0.717) is 11.4 Å². The number of thiophene rings is 1. The molecule has 11 heteroatoms. The Morgan fingerprint density at radius 2 is 2.21 bits per heavy atom. The van der Waals surface area contributed by atoms with Crippen molar-refractivity contribution in [2.24, 2.45) is 0 Å². The van der Waals surface area contributed by atoms with Crippen molar-refractivity contribution < 1.29 is 22.5 Å². The van der Waals surface area contributed by atoms with E-state index in [0.717, 1.165) is 4.88 Å². The molecule has 126 valence electrons. The molecule has 24 heavy (non-hydrogen) atoms. The quantitative estimate of drug-likeness (QED) is 0.775. The van der Waals surface area contributed by atoms with Gasteiger partial charge in [0, 0.05) is 24.3 Å². The van der Waals surface area contributed by atoms with Gasteiger partial charge in [0.05, 0.1) is 11.4 Å². The minimum Gasteiger partial charge on any atom is -0.352 e. The summed E-state index contributed by atoms with van der Waals surface area (Å²) in [6.07, 6.45) is -1.54. The number of alkyl halides is 3. The molecule has 0 atom stereocenters. The number of nitrogens with one attached hydrogen (secondary N) is 1. The molecule has 3 heterocycles. The molecule has 0 unspecified atom stereocenters. The largest absolute Gasteiger partial charge is 0.471 e. The van der Waals surface area contributed by atoms with Gasteiger partial charge in [0.15, 0.2) is 5.82 Å². The summed E-state index contributed by atoms with van der Waals surface area (Å²) >= 11 is 1.20. The van der Waals surface area contributed by atoms with Crippen molar-refractivity contribution in [3.8, 4) is 10.7 Å². The standard InChI is InChI=1S/C13H10F3N5O2S/c1-17-11(22)10-18-4-5-21(10)6-7-2-3-8(24-7)9-19-12(23-20-9)13(14,15)16/h2-5H,6H2,1H3,(H,17,22). The highest BCUT2D eigenvalue weighted by Gasteiger charge is 2.38. The van der Waals surface area contributed by atoms with Crippen LogP contribution < -0.4 is 5.32 Å². The van der Waals surface area contributed by atoms with Crippen molar-refractivity contribution in [2.45, 2.75) is 12.7 Å². The summed E-state index contributed by atoms with van der Waals surface area (Å²) in [6.45, 7) is 0.345. The highest BCUT2D eigenvalue weighted by Crippen LogP contribution is 2.31. The number of carbonyl (C=O) groups excluding carboxylic acids is 1. The Morgan fingerprint density at radius 3 is 2.88 bits per heavy atom. The number of halogens is 3. The van der Waals surface area contributed by atoms with E-state index < -0.39 is 12.1 Å². The van der Waals surface area contributed by atoms with Crippen molar-refractivity contribution in [1.82, 2.24) is 25.0 Å². The third-order valence-electron chi connectivity index (χ3n) is 3.02. The lowest BCUT2D eigenvalue weighted by molar-refractivity contribution is -0.159. The molecule has 0 aliphatic rings. The van der Waals surface area contributed by atoms with Crippen LogP contribution in [0.15, 0.2) is 29.0 Å². The van der Waals surface area contributed by atoms with E-state index in [9.17, 15) is 18.0 Å². The second kappa shape index (κ2) is 6.07. The Balaban J connectivity index is 1.80. The Bertz CT molecular complexity index is 867. The van der Waals surface area contributed by atoms with Gasteiger partial charge in [-0.15, -0.1) is 11.3 Å². The van der Waals surface area contributed by atoms with Crippen molar-refractivity contribution >= 4 is 17.2 Å². The molecule has 1 amide bonds. The van der Waals surface area contributed by atoms with Crippen LogP contribution >= 0.6 is 11.3 Å². The summed E-state index contributed by atoms with van der Waals surface area (Å²) < 4.78 is 43.3. The number of hydrogen-bond donors (Lipinski definition) is 1. The third kappa shape index (κ3) is 3.15. The maximum atomic E-state index is 12.5. The highest BCUT2D eigenvalue weighted by molar-refractivity contribution is 7.15. The van der Waals surface area contributed by atoms with Crippen LogP contribution in [0.1, 0.15) is 21.4 Å². The van der Waals surface area contributed by atoms with Crippen LogP contribution in [0.4, 0.5) is 13.2 Å². The van der Waals surface area contributed by atoms with Gasteiger partial charge in [0.1, 0.15) is 0 Å². The molecule has 0 aliphatic carbocycles. The fourth-order valence-electron chi connectivity index (χ4n) is 1.95. The molecule has 0 fully saturated rings. The van der Waals surface area contributed by atoms with E-state index in [4.69, 9.17) is 0 Å². The molecule has 0 radical (unpaired) electrons. The van der Waals surface area contributed by atoms with Crippen LogP contribution in [-0.4, -0.2) is 32.6 Å². The average Bonchev–Trinajstić information content (AvgIpc) is 3.25. The summed E-state index contributed by atoms with van der Waals surface area (Å²) in [5, 5.41) is 5.83. The minimum atomic E-state index is -4.68. The number of imidazole rings is 1. The first kappa shape index (κ1) is 16.2. The molecule has 0 spiro atoms. The number of amides is 1. The fourth-order valence-corrected chi connectivity index (χ4v) is 2.88. The van der Waals surface area contributed by atoms with Crippen LogP contribution in [0.25, 0.3) is 10.7 Å². The SMILES string of the molecule is CNC(=O)c1nccn1Cc1ccc(-c2noc(C(F)(F)F)n2)s1. The monoisotopic (exact) mass is 357 g/mol. The number of nitrogens with zero attached hydrogens (tertiary/aromatic N) is 4. The van der Waals surface area contributed by atoms with Gasteiger partial charge >= 0.3 is 12.1 Å². The first-order valence-electron chi connectivity index (χ1n) is 6.61. The van der Waals surface area contributed by atoms with E-state index in [1.165, 1.54) is 24.6 Å². The number of aromatic nitrogens is 4. The third-order valence-corrected chi connectivity index (χ3v) is 4.09. The lowest BCUT2D eigenvalue weighted by atomic mass is 10.4. The molecule has 0 saturated carbocycles. The zero-order valence-corrected chi connectivity index (χ0v) is 13.0. The summed E-state index contributed by atoms with van der Waals surface area (Å²) in [7, 11) is 1.50. The zero-order chi connectivity index (χ0) is 17.3. The second-order valence-electron chi connectivity index (χ2n) is 4.64. The molecule has 3 aromatic heterocycles. The Morgan fingerprint density at radius 1 is 1.42 bits per heavy atom. The molecular weight excluding hydrogens is 347 g/mol. The number of hydrogen-bond acceptors (Lipinski definition) is 6. The van der Waals surface area contributed by atoms with Gasteiger partial charge in [-0.05, 0) is 12.1 Å². The maximum Gasteiger partial charge on any atom is 0.471 e. The first-order valence-corrected chi connectivity index (χ1v) is 7.43. The van der Waals surface area contributed by atoms with E-state index in [-0.39, 0.29) is 17.6 Å². The van der Waals surface area contributed by atoms with Gasteiger partial charge in [-0.2, -0.15) is 18.2 Å². The molecule has 0 aliphatic heterocycles. The van der Waals surface area contributed by atoms with E-state index in [1.807, 2.05) is 0 Å². The number of rotatable bonds is 4. The maximum absolute atomic E-state index is 12.5. The molecule has 0 saturated heterocycles.